The quantitative estimate of drug-likeness (QED) is 0.646. The van der Waals surface area contributed by atoms with Crippen LogP contribution in [0.4, 0.5) is 11.5 Å². The number of anilines is 1. The van der Waals surface area contributed by atoms with E-state index in [2.05, 4.69) is 4.98 Å². The molecule has 1 fully saturated rings. The molecule has 0 bridgehead atoms. The van der Waals surface area contributed by atoms with Crippen molar-refractivity contribution in [2.24, 2.45) is 0 Å². The average Bonchev–Trinajstić information content (AvgIpc) is 2.37. The van der Waals surface area contributed by atoms with Gasteiger partial charge in [0.15, 0.2) is 0 Å². The molecule has 2 rings (SSSR count). The van der Waals surface area contributed by atoms with Crippen molar-refractivity contribution in [1.29, 1.82) is 0 Å². The summed E-state index contributed by atoms with van der Waals surface area (Å²) in [5.74, 6) is 0.337. The molecule has 1 aliphatic rings. The summed E-state index contributed by atoms with van der Waals surface area (Å²) in [6.07, 6.45) is 1.16. The minimum absolute atomic E-state index is 0.00853. The number of aryl methyl sites for hydroxylation is 1. The second-order valence-corrected chi connectivity index (χ2v) is 4.77. The van der Waals surface area contributed by atoms with E-state index >= 15 is 0 Å². The maximum absolute atomic E-state index is 11.1. The topological polar surface area (TPSA) is 88.7 Å². The lowest BCUT2D eigenvalue weighted by Gasteiger charge is -2.36. The largest absolute Gasteiger partial charge is 0.394 e. The first-order valence-electron chi connectivity index (χ1n) is 6.13. The Bertz CT molecular complexity index is 480. The normalized spacial score (nSPS) is 23.4. The molecule has 0 aliphatic carbocycles. The van der Waals surface area contributed by atoms with Gasteiger partial charge in [-0.05, 0) is 19.4 Å². The van der Waals surface area contributed by atoms with E-state index in [-0.39, 0.29) is 24.5 Å². The van der Waals surface area contributed by atoms with Gasteiger partial charge in [0.05, 0.1) is 23.7 Å². The van der Waals surface area contributed by atoms with Gasteiger partial charge in [-0.3, -0.25) is 10.1 Å². The molecule has 1 N–H and O–H groups in total. The molecule has 0 saturated carbocycles. The van der Waals surface area contributed by atoms with E-state index in [1.807, 2.05) is 6.92 Å². The second-order valence-electron chi connectivity index (χ2n) is 4.77. The van der Waals surface area contributed by atoms with Crippen LogP contribution >= 0.6 is 0 Å². The summed E-state index contributed by atoms with van der Waals surface area (Å²) in [5, 5.41) is 20.3. The number of pyridine rings is 1. The van der Waals surface area contributed by atoms with Crippen molar-refractivity contribution in [3.8, 4) is 0 Å². The predicted molar refractivity (Wildman–Crippen MR) is 69.3 cm³/mol. The van der Waals surface area contributed by atoms with Crippen molar-refractivity contribution in [2.75, 3.05) is 24.6 Å². The zero-order valence-corrected chi connectivity index (χ0v) is 10.9. The zero-order valence-electron chi connectivity index (χ0n) is 10.9. The van der Waals surface area contributed by atoms with Gasteiger partial charge >= 0.3 is 5.69 Å². The van der Waals surface area contributed by atoms with Crippen molar-refractivity contribution in [1.82, 2.24) is 4.98 Å². The van der Waals surface area contributed by atoms with E-state index in [0.29, 0.717) is 18.9 Å². The number of aromatic nitrogens is 1. The molecule has 104 valence electrons. The highest BCUT2D eigenvalue weighted by atomic mass is 16.6. The third-order valence-corrected chi connectivity index (χ3v) is 3.01. The minimum Gasteiger partial charge on any atom is -0.394 e. The van der Waals surface area contributed by atoms with E-state index in [9.17, 15) is 15.2 Å². The van der Waals surface area contributed by atoms with Crippen LogP contribution in [-0.4, -0.2) is 46.9 Å². The van der Waals surface area contributed by atoms with Gasteiger partial charge in [0.25, 0.3) is 0 Å². The molecule has 7 heteroatoms. The summed E-state index contributed by atoms with van der Waals surface area (Å²) in [4.78, 5) is 16.7. The van der Waals surface area contributed by atoms with E-state index in [1.165, 1.54) is 6.07 Å². The fraction of sp³-hybridized carbons (Fsp3) is 0.583. The Labute approximate surface area is 111 Å². The molecular weight excluding hydrogens is 250 g/mol. The van der Waals surface area contributed by atoms with Gasteiger partial charge in [-0.15, -0.1) is 0 Å². The molecule has 0 aromatic carbocycles. The van der Waals surface area contributed by atoms with Gasteiger partial charge in [-0.25, -0.2) is 4.98 Å². The maximum Gasteiger partial charge on any atom is 0.311 e. The van der Waals surface area contributed by atoms with Crippen LogP contribution in [-0.2, 0) is 4.74 Å². The number of nitrogens with zero attached hydrogens (tertiary/aromatic N) is 3. The fourth-order valence-electron chi connectivity index (χ4n) is 2.24. The van der Waals surface area contributed by atoms with Crippen molar-refractivity contribution in [2.45, 2.75) is 26.1 Å². The van der Waals surface area contributed by atoms with Crippen LogP contribution < -0.4 is 4.90 Å². The fourth-order valence-corrected chi connectivity index (χ4v) is 2.24. The van der Waals surface area contributed by atoms with Crippen molar-refractivity contribution in [3.63, 3.8) is 0 Å². The standard InChI is InChI=1S/C12H17N3O4/c1-8-3-11(15(17)18)12(13-4-8)14-5-9(2)19-10(6-14)7-16/h3-4,9-10,16H,5-7H2,1-2H3. The predicted octanol–water partition coefficient (Wildman–Crippen LogP) is 0.884. The zero-order chi connectivity index (χ0) is 14.0. The van der Waals surface area contributed by atoms with Gasteiger partial charge in [0.2, 0.25) is 5.82 Å². The molecule has 1 saturated heterocycles. The lowest BCUT2D eigenvalue weighted by atomic mass is 10.2. The number of hydrogen-bond acceptors (Lipinski definition) is 6. The number of rotatable bonds is 3. The molecule has 0 radical (unpaired) electrons. The molecule has 2 heterocycles. The number of aliphatic hydroxyl groups is 1. The van der Waals surface area contributed by atoms with E-state index in [0.717, 1.165) is 5.56 Å². The molecule has 0 amide bonds. The number of hydrogen-bond donors (Lipinski definition) is 1. The van der Waals surface area contributed by atoms with E-state index in [1.54, 1.807) is 18.0 Å². The lowest BCUT2D eigenvalue weighted by Crippen LogP contribution is -2.48. The number of morpholine rings is 1. The van der Waals surface area contributed by atoms with Gasteiger partial charge < -0.3 is 14.7 Å². The van der Waals surface area contributed by atoms with Gasteiger partial charge in [0.1, 0.15) is 0 Å². The average molecular weight is 267 g/mol. The van der Waals surface area contributed by atoms with Gasteiger partial charge in [0, 0.05) is 25.4 Å². The highest BCUT2D eigenvalue weighted by molar-refractivity contribution is 5.58. The lowest BCUT2D eigenvalue weighted by molar-refractivity contribution is -0.384. The monoisotopic (exact) mass is 267 g/mol. The first-order valence-corrected chi connectivity index (χ1v) is 6.13. The van der Waals surface area contributed by atoms with Crippen LogP contribution in [0.1, 0.15) is 12.5 Å². The van der Waals surface area contributed by atoms with Crippen LogP contribution in [0.5, 0.6) is 0 Å². The third kappa shape index (κ3) is 2.99. The Morgan fingerprint density at radius 1 is 1.63 bits per heavy atom. The molecule has 7 nitrogen and oxygen atoms in total. The van der Waals surface area contributed by atoms with Crippen LogP contribution in [0, 0.1) is 17.0 Å². The van der Waals surface area contributed by atoms with Crippen LogP contribution in [0.3, 0.4) is 0 Å². The van der Waals surface area contributed by atoms with Crippen LogP contribution in [0.25, 0.3) is 0 Å². The molecule has 0 spiro atoms. The first-order chi connectivity index (χ1) is 9.01. The minimum atomic E-state index is -0.427. The second kappa shape index (κ2) is 5.50. The summed E-state index contributed by atoms with van der Waals surface area (Å²) in [6, 6.07) is 1.51. The van der Waals surface area contributed by atoms with E-state index < -0.39 is 4.92 Å². The summed E-state index contributed by atoms with van der Waals surface area (Å²) < 4.78 is 5.52. The number of ether oxygens (including phenoxy) is 1. The Kier molecular flexibility index (Phi) is 3.96. The Balaban J connectivity index is 2.32. The maximum atomic E-state index is 11.1. The molecule has 2 atom stereocenters. The van der Waals surface area contributed by atoms with Crippen molar-refractivity contribution >= 4 is 11.5 Å². The summed E-state index contributed by atoms with van der Waals surface area (Å²) >= 11 is 0. The number of nitro groups is 1. The van der Waals surface area contributed by atoms with Crippen molar-refractivity contribution < 1.29 is 14.8 Å². The molecule has 1 aliphatic heterocycles. The molecule has 1 aromatic rings. The Morgan fingerprint density at radius 3 is 3.00 bits per heavy atom. The molecule has 2 unspecified atom stereocenters. The highest BCUT2D eigenvalue weighted by Gasteiger charge is 2.30. The van der Waals surface area contributed by atoms with Crippen LogP contribution in [0.2, 0.25) is 0 Å². The summed E-state index contributed by atoms with van der Waals surface area (Å²) in [7, 11) is 0. The molecular formula is C12H17N3O4. The van der Waals surface area contributed by atoms with Gasteiger partial charge in [-0.1, -0.05) is 0 Å². The Hall–Kier alpha value is -1.73. The summed E-state index contributed by atoms with van der Waals surface area (Å²) in [6.45, 7) is 4.45. The smallest absolute Gasteiger partial charge is 0.311 e. The Morgan fingerprint density at radius 2 is 2.37 bits per heavy atom. The van der Waals surface area contributed by atoms with Gasteiger partial charge in [-0.2, -0.15) is 0 Å². The first kappa shape index (κ1) is 13.7. The van der Waals surface area contributed by atoms with Crippen LogP contribution in [0.15, 0.2) is 12.3 Å². The highest BCUT2D eigenvalue weighted by Crippen LogP contribution is 2.28. The number of aliphatic hydroxyl groups excluding tert-OH is 1. The molecule has 1 aromatic heterocycles. The molecule has 19 heavy (non-hydrogen) atoms. The van der Waals surface area contributed by atoms with E-state index in [4.69, 9.17) is 4.74 Å². The summed E-state index contributed by atoms with van der Waals surface area (Å²) in [5.41, 5.74) is 0.737. The SMILES string of the molecule is Cc1cnc(N2CC(C)OC(CO)C2)c([N+](=O)[O-])c1. The van der Waals surface area contributed by atoms with Crippen molar-refractivity contribution in [3.05, 3.63) is 27.9 Å². The third-order valence-electron chi connectivity index (χ3n) is 3.01.